The Hall–Kier alpha value is -6.24. The normalized spacial score (nSPS) is 20.0. The van der Waals surface area contributed by atoms with E-state index in [0.29, 0.717) is 0 Å². The summed E-state index contributed by atoms with van der Waals surface area (Å²) in [6.45, 7) is 10.1. The highest BCUT2D eigenvalue weighted by Gasteiger charge is 2.32. The van der Waals surface area contributed by atoms with Gasteiger partial charge in [0.1, 0.15) is 0 Å². The lowest BCUT2D eigenvalue weighted by Gasteiger charge is -2.36. The second kappa shape index (κ2) is 20.1. The number of aromatic nitrogens is 4. The monoisotopic (exact) mass is 859 g/mol. The van der Waals surface area contributed by atoms with Crippen molar-refractivity contribution in [2.75, 3.05) is 99.1 Å². The van der Waals surface area contributed by atoms with E-state index in [2.05, 4.69) is 92.4 Å². The van der Waals surface area contributed by atoms with Gasteiger partial charge in [-0.05, 0) is 137 Å². The molecule has 64 heavy (non-hydrogen) atoms. The van der Waals surface area contributed by atoms with E-state index in [0.717, 1.165) is 127 Å². The van der Waals surface area contributed by atoms with Crippen LogP contribution in [-0.4, -0.2) is 121 Å². The lowest BCUT2D eigenvalue weighted by atomic mass is 9.89. The molecule has 332 valence electrons. The van der Waals surface area contributed by atoms with Gasteiger partial charge in [-0.2, -0.15) is 10.2 Å². The van der Waals surface area contributed by atoms with Crippen LogP contribution in [0, 0.1) is 11.8 Å². The summed E-state index contributed by atoms with van der Waals surface area (Å²) in [5, 5.41) is 8.57. The van der Waals surface area contributed by atoms with Crippen molar-refractivity contribution in [1.82, 2.24) is 29.4 Å². The van der Waals surface area contributed by atoms with Gasteiger partial charge in [-0.15, -0.1) is 0 Å². The van der Waals surface area contributed by atoms with E-state index >= 15 is 0 Å². The van der Waals surface area contributed by atoms with Crippen LogP contribution < -0.4 is 19.6 Å². The smallest absolute Gasteiger partial charge is 0.230 e. The van der Waals surface area contributed by atoms with Crippen LogP contribution in [0.15, 0.2) is 134 Å². The van der Waals surface area contributed by atoms with Crippen molar-refractivity contribution in [2.45, 2.75) is 38.5 Å². The molecule has 12 nitrogen and oxygen atoms in total. The standard InChI is InChI=1S/2C26H31N5O/c2*1-28-16-18-29(19-17-28)25-8-3-2-6-21(25)20-22-7-4-14-30(26(22)32)23-9-11-24(12-10-23)31-15-5-13-27-31/h2*2-3,5-6,8-13,15,22H,4,7,14,16-20H2,1H3. The van der Waals surface area contributed by atoms with Crippen LogP contribution >= 0.6 is 0 Å². The Morgan fingerprint density at radius 3 is 1.20 bits per heavy atom. The Balaban J connectivity index is 0.000000162. The fourth-order valence-electron chi connectivity index (χ4n) is 9.81. The number of carbonyl (C=O) groups excluding carboxylic acids is 2. The third-order valence-electron chi connectivity index (χ3n) is 13.6. The molecule has 12 heteroatoms. The zero-order valence-electron chi connectivity index (χ0n) is 37.5. The summed E-state index contributed by atoms with van der Waals surface area (Å²) in [6, 6.07) is 37.4. The molecule has 4 aliphatic heterocycles. The van der Waals surface area contributed by atoms with E-state index in [1.807, 2.05) is 92.2 Å². The van der Waals surface area contributed by atoms with Crippen LogP contribution in [0.2, 0.25) is 0 Å². The predicted octanol–water partition coefficient (Wildman–Crippen LogP) is 7.22. The van der Waals surface area contributed by atoms with E-state index in [1.54, 1.807) is 12.4 Å². The Morgan fingerprint density at radius 1 is 0.453 bits per heavy atom. The number of amides is 2. The molecule has 2 atom stereocenters. The first-order chi connectivity index (χ1) is 31.4. The van der Waals surface area contributed by atoms with Gasteiger partial charge < -0.3 is 29.4 Å². The van der Waals surface area contributed by atoms with Gasteiger partial charge in [0.15, 0.2) is 0 Å². The maximum atomic E-state index is 13.5. The molecule has 6 aromatic rings. The van der Waals surface area contributed by atoms with Crippen LogP contribution in [0.4, 0.5) is 22.7 Å². The summed E-state index contributed by atoms with van der Waals surface area (Å²) in [4.78, 5) is 40.6. The number of piperazine rings is 2. The van der Waals surface area contributed by atoms with Crippen molar-refractivity contribution >= 4 is 34.6 Å². The summed E-state index contributed by atoms with van der Waals surface area (Å²) >= 11 is 0. The molecule has 0 N–H and O–H groups in total. The first-order valence-electron chi connectivity index (χ1n) is 23.2. The van der Waals surface area contributed by atoms with Crippen LogP contribution in [0.3, 0.4) is 0 Å². The molecule has 2 amide bonds. The lowest BCUT2D eigenvalue weighted by molar-refractivity contribution is -0.124. The molecule has 0 aliphatic carbocycles. The molecule has 4 fully saturated rings. The highest BCUT2D eigenvalue weighted by Crippen LogP contribution is 2.33. The molecule has 0 saturated carbocycles. The highest BCUT2D eigenvalue weighted by molar-refractivity contribution is 5.97. The molecule has 6 heterocycles. The molecule has 2 unspecified atom stereocenters. The Morgan fingerprint density at radius 2 is 0.828 bits per heavy atom. The number of anilines is 4. The SMILES string of the molecule is CN1CCN(c2ccccc2CC2CCCN(c3ccc(-n4cccn4)cc3)C2=O)CC1.CN1CCN(c2ccccc2CC2CCCN(c3ccc(-n4cccn4)cc3)C2=O)CC1. The van der Waals surface area contributed by atoms with Crippen LogP contribution in [-0.2, 0) is 22.4 Å². The molecular weight excluding hydrogens is 797 g/mol. The number of piperidine rings is 2. The zero-order valence-corrected chi connectivity index (χ0v) is 37.5. The fraction of sp³-hybridized carbons (Fsp3) is 0.385. The van der Waals surface area contributed by atoms with Crippen molar-refractivity contribution in [2.24, 2.45) is 11.8 Å². The van der Waals surface area contributed by atoms with Crippen LogP contribution in [0.1, 0.15) is 36.8 Å². The maximum absolute atomic E-state index is 13.5. The third-order valence-corrected chi connectivity index (χ3v) is 13.6. The van der Waals surface area contributed by atoms with E-state index < -0.39 is 0 Å². The Kier molecular flexibility index (Phi) is 13.5. The summed E-state index contributed by atoms with van der Waals surface area (Å²) in [5.74, 6) is 0.554. The number of benzene rings is 4. The minimum atomic E-state index is 0.0307. The Labute approximate surface area is 378 Å². The van der Waals surface area contributed by atoms with E-state index in [1.165, 1.54) is 22.5 Å². The minimum Gasteiger partial charge on any atom is -0.369 e. The lowest BCUT2D eigenvalue weighted by Crippen LogP contribution is -2.45. The first kappa shape index (κ1) is 43.0. The van der Waals surface area contributed by atoms with E-state index in [9.17, 15) is 9.59 Å². The fourth-order valence-corrected chi connectivity index (χ4v) is 9.81. The molecule has 2 aromatic heterocycles. The average Bonchev–Trinajstić information content (AvgIpc) is 4.09. The second-order valence-corrected chi connectivity index (χ2v) is 17.8. The first-order valence-corrected chi connectivity index (χ1v) is 23.2. The second-order valence-electron chi connectivity index (χ2n) is 17.8. The summed E-state index contributed by atoms with van der Waals surface area (Å²) in [5.41, 5.74) is 9.15. The van der Waals surface area contributed by atoms with E-state index in [4.69, 9.17) is 0 Å². The Bertz CT molecular complexity index is 2250. The number of hydrogen-bond donors (Lipinski definition) is 0. The molecule has 10 rings (SSSR count). The number of likely N-dealkylation sites (N-methyl/N-ethyl adjacent to an activating group) is 2. The molecule has 4 saturated heterocycles. The van der Waals surface area contributed by atoms with Crippen molar-refractivity contribution in [1.29, 1.82) is 0 Å². The largest absolute Gasteiger partial charge is 0.369 e. The van der Waals surface area contributed by atoms with Crippen molar-refractivity contribution in [3.63, 3.8) is 0 Å². The van der Waals surface area contributed by atoms with Crippen LogP contribution in [0.5, 0.6) is 0 Å². The van der Waals surface area contributed by atoms with Gasteiger partial charge in [0, 0.05) is 125 Å². The number of nitrogens with zero attached hydrogens (tertiary/aromatic N) is 10. The molecule has 0 bridgehead atoms. The third kappa shape index (κ3) is 9.93. The zero-order chi connectivity index (χ0) is 43.8. The molecule has 4 aliphatic rings. The van der Waals surface area contributed by atoms with Crippen molar-refractivity contribution < 1.29 is 9.59 Å². The van der Waals surface area contributed by atoms with Crippen molar-refractivity contribution in [3.8, 4) is 11.4 Å². The van der Waals surface area contributed by atoms with Gasteiger partial charge in [-0.25, -0.2) is 9.36 Å². The summed E-state index contributed by atoms with van der Waals surface area (Å²) in [7, 11) is 4.36. The highest BCUT2D eigenvalue weighted by atomic mass is 16.2. The molecule has 0 spiro atoms. The van der Waals surface area contributed by atoms with E-state index in [-0.39, 0.29) is 23.7 Å². The molecule has 0 radical (unpaired) electrons. The average molecular weight is 859 g/mol. The predicted molar refractivity (Wildman–Crippen MR) is 257 cm³/mol. The molecule has 4 aromatic carbocycles. The number of hydrogen-bond acceptors (Lipinski definition) is 8. The summed E-state index contributed by atoms with van der Waals surface area (Å²) < 4.78 is 3.67. The van der Waals surface area contributed by atoms with Gasteiger partial charge in [-0.1, -0.05) is 36.4 Å². The van der Waals surface area contributed by atoms with Gasteiger partial charge in [0.2, 0.25) is 11.8 Å². The van der Waals surface area contributed by atoms with Gasteiger partial charge in [0.05, 0.1) is 11.4 Å². The number of rotatable bonds is 10. The van der Waals surface area contributed by atoms with Crippen LogP contribution in [0.25, 0.3) is 11.4 Å². The molecular formula is C52H62N10O2. The number of para-hydroxylation sites is 2. The summed E-state index contributed by atoms with van der Waals surface area (Å²) in [6.07, 6.45) is 13.0. The quantitative estimate of drug-likeness (QED) is 0.143. The maximum Gasteiger partial charge on any atom is 0.230 e. The van der Waals surface area contributed by atoms with Gasteiger partial charge >= 0.3 is 0 Å². The minimum absolute atomic E-state index is 0.0307. The van der Waals surface area contributed by atoms with Gasteiger partial charge in [-0.3, -0.25) is 9.59 Å². The topological polar surface area (TPSA) is 89.2 Å². The van der Waals surface area contributed by atoms with Gasteiger partial charge in [0.25, 0.3) is 0 Å². The number of carbonyl (C=O) groups is 2. The van der Waals surface area contributed by atoms with Crippen molar-refractivity contribution in [3.05, 3.63) is 145 Å².